The summed E-state index contributed by atoms with van der Waals surface area (Å²) in [4.78, 5) is 0. The average Bonchev–Trinajstić information content (AvgIpc) is 2.80. The highest BCUT2D eigenvalue weighted by molar-refractivity contribution is 5.48. The molecule has 0 amide bonds. The first-order valence-corrected chi connectivity index (χ1v) is 6.10. The van der Waals surface area contributed by atoms with Crippen LogP contribution in [0.4, 0.5) is 5.69 Å². The molecule has 0 aliphatic heterocycles. The smallest absolute Gasteiger partial charge is 0.121 e. The third-order valence-corrected chi connectivity index (χ3v) is 2.59. The van der Waals surface area contributed by atoms with E-state index in [-0.39, 0.29) is 0 Å². The molecule has 0 atom stereocenters. The number of anilines is 1. The zero-order valence-corrected chi connectivity index (χ0v) is 10.8. The van der Waals surface area contributed by atoms with Crippen LogP contribution in [0.1, 0.15) is 19.0 Å². The number of hydrogen-bond donors (Lipinski definition) is 1. The Labute approximate surface area is 107 Å². The van der Waals surface area contributed by atoms with Gasteiger partial charge in [-0.15, -0.1) is 5.10 Å². The molecule has 1 N–H and O–H groups in total. The van der Waals surface area contributed by atoms with E-state index in [1.807, 2.05) is 31.3 Å². The zero-order valence-electron chi connectivity index (χ0n) is 10.8. The highest BCUT2D eigenvalue weighted by Gasteiger charge is 2.00. The molecule has 5 nitrogen and oxygen atoms in total. The van der Waals surface area contributed by atoms with Crippen molar-refractivity contribution in [2.24, 2.45) is 7.05 Å². The summed E-state index contributed by atoms with van der Waals surface area (Å²) in [6.45, 7) is 3.54. The van der Waals surface area contributed by atoms with Crippen LogP contribution < -0.4 is 10.1 Å². The lowest BCUT2D eigenvalue weighted by Crippen LogP contribution is -2.05. The van der Waals surface area contributed by atoms with Gasteiger partial charge in [-0.1, -0.05) is 18.2 Å². The Bertz CT molecular complexity index is 495. The maximum Gasteiger partial charge on any atom is 0.121 e. The first-order valence-electron chi connectivity index (χ1n) is 6.10. The van der Waals surface area contributed by atoms with Gasteiger partial charge < -0.3 is 10.1 Å². The van der Waals surface area contributed by atoms with Crippen molar-refractivity contribution in [3.63, 3.8) is 0 Å². The van der Waals surface area contributed by atoms with Gasteiger partial charge in [0.1, 0.15) is 5.75 Å². The molecule has 1 heterocycles. The van der Waals surface area contributed by atoms with Gasteiger partial charge in [-0.3, -0.25) is 4.68 Å². The van der Waals surface area contributed by atoms with E-state index in [4.69, 9.17) is 4.74 Å². The van der Waals surface area contributed by atoms with Crippen LogP contribution in [0.15, 0.2) is 30.5 Å². The highest BCUT2D eigenvalue weighted by Crippen LogP contribution is 2.18. The molecule has 0 saturated carbocycles. The van der Waals surface area contributed by atoms with Crippen LogP contribution in [0.5, 0.6) is 5.75 Å². The van der Waals surface area contributed by atoms with E-state index in [1.165, 1.54) is 0 Å². The van der Waals surface area contributed by atoms with E-state index in [0.717, 1.165) is 30.2 Å². The van der Waals surface area contributed by atoms with Crippen molar-refractivity contribution >= 4 is 5.69 Å². The lowest BCUT2D eigenvalue weighted by Gasteiger charge is -2.09. The molecule has 18 heavy (non-hydrogen) atoms. The summed E-state index contributed by atoms with van der Waals surface area (Å²) in [7, 11) is 1.88. The van der Waals surface area contributed by atoms with Crippen molar-refractivity contribution < 1.29 is 4.74 Å². The highest BCUT2D eigenvalue weighted by atomic mass is 16.5. The van der Waals surface area contributed by atoms with Crippen LogP contribution in [-0.2, 0) is 13.6 Å². The van der Waals surface area contributed by atoms with Crippen LogP contribution in [0.25, 0.3) is 0 Å². The monoisotopic (exact) mass is 246 g/mol. The van der Waals surface area contributed by atoms with Gasteiger partial charge in [-0.25, -0.2) is 0 Å². The molecule has 2 aromatic rings. The predicted octanol–water partition coefficient (Wildman–Crippen LogP) is 2.22. The van der Waals surface area contributed by atoms with Crippen molar-refractivity contribution in [3.8, 4) is 5.75 Å². The molecule has 96 valence electrons. The van der Waals surface area contributed by atoms with Gasteiger partial charge in [-0.2, -0.15) is 0 Å². The average molecular weight is 246 g/mol. The number of ether oxygens (including phenoxy) is 1. The van der Waals surface area contributed by atoms with E-state index in [1.54, 1.807) is 10.9 Å². The molecule has 0 aliphatic rings. The Morgan fingerprint density at radius 2 is 2.28 bits per heavy atom. The summed E-state index contributed by atoms with van der Waals surface area (Å²) in [5.41, 5.74) is 2.07. The minimum Gasteiger partial charge on any atom is -0.494 e. The number of aromatic nitrogens is 3. The maximum absolute atomic E-state index is 5.59. The quantitative estimate of drug-likeness (QED) is 0.849. The summed E-state index contributed by atoms with van der Waals surface area (Å²) < 4.78 is 7.34. The molecular weight excluding hydrogens is 228 g/mol. The first-order chi connectivity index (χ1) is 8.79. The molecular formula is C13H18N4O. The Hall–Kier alpha value is -2.04. The number of aryl methyl sites for hydroxylation is 1. The van der Waals surface area contributed by atoms with Crippen molar-refractivity contribution in [2.75, 3.05) is 11.9 Å². The van der Waals surface area contributed by atoms with Crippen LogP contribution in [0.3, 0.4) is 0 Å². The minimum absolute atomic E-state index is 0.695. The molecule has 0 spiro atoms. The summed E-state index contributed by atoms with van der Waals surface area (Å²) in [5, 5.41) is 11.1. The van der Waals surface area contributed by atoms with Gasteiger partial charge in [-0.05, 0) is 18.6 Å². The standard InChI is InChI=1S/C13H18N4O/c1-3-7-18-13-6-4-5-11(8-13)14-9-12-10-15-16-17(12)2/h4-6,8,10,14H,3,7,9H2,1-2H3. The molecule has 0 radical (unpaired) electrons. The second-order valence-electron chi connectivity index (χ2n) is 4.08. The molecule has 5 heteroatoms. The fraction of sp³-hybridized carbons (Fsp3) is 0.385. The molecule has 1 aromatic heterocycles. The van der Waals surface area contributed by atoms with Gasteiger partial charge >= 0.3 is 0 Å². The summed E-state index contributed by atoms with van der Waals surface area (Å²) in [6.07, 6.45) is 2.77. The SMILES string of the molecule is CCCOc1cccc(NCc2cnnn2C)c1. The molecule has 0 fully saturated rings. The number of nitrogens with one attached hydrogen (secondary N) is 1. The van der Waals surface area contributed by atoms with Gasteiger partial charge in [0.05, 0.1) is 25.0 Å². The second-order valence-corrected chi connectivity index (χ2v) is 4.08. The zero-order chi connectivity index (χ0) is 12.8. The fourth-order valence-electron chi connectivity index (χ4n) is 1.58. The van der Waals surface area contributed by atoms with Crippen LogP contribution in [-0.4, -0.2) is 21.6 Å². The molecule has 0 aliphatic carbocycles. The first kappa shape index (κ1) is 12.4. The van der Waals surface area contributed by atoms with Crippen molar-refractivity contribution in [2.45, 2.75) is 19.9 Å². The Balaban J connectivity index is 1.95. The van der Waals surface area contributed by atoms with Crippen LogP contribution in [0, 0.1) is 0 Å². The number of nitrogens with zero attached hydrogens (tertiary/aromatic N) is 3. The summed E-state index contributed by atoms with van der Waals surface area (Å²) >= 11 is 0. The fourth-order valence-corrected chi connectivity index (χ4v) is 1.58. The molecule has 0 saturated heterocycles. The second kappa shape index (κ2) is 6.05. The van der Waals surface area contributed by atoms with Crippen molar-refractivity contribution in [1.82, 2.24) is 15.0 Å². The Morgan fingerprint density at radius 1 is 1.39 bits per heavy atom. The van der Waals surface area contributed by atoms with Gasteiger partial charge in [0, 0.05) is 18.8 Å². The number of benzene rings is 1. The number of rotatable bonds is 6. The lowest BCUT2D eigenvalue weighted by molar-refractivity contribution is 0.317. The maximum atomic E-state index is 5.59. The van der Waals surface area contributed by atoms with E-state index in [0.29, 0.717) is 6.54 Å². The Morgan fingerprint density at radius 3 is 3.00 bits per heavy atom. The van der Waals surface area contributed by atoms with Crippen molar-refractivity contribution in [1.29, 1.82) is 0 Å². The molecule has 0 unspecified atom stereocenters. The van der Waals surface area contributed by atoms with E-state index in [9.17, 15) is 0 Å². The largest absolute Gasteiger partial charge is 0.494 e. The van der Waals surface area contributed by atoms with Gasteiger partial charge in [0.15, 0.2) is 0 Å². The van der Waals surface area contributed by atoms with Crippen LogP contribution in [0.2, 0.25) is 0 Å². The van der Waals surface area contributed by atoms with Gasteiger partial charge in [0.25, 0.3) is 0 Å². The van der Waals surface area contributed by atoms with E-state index in [2.05, 4.69) is 22.6 Å². The topological polar surface area (TPSA) is 52.0 Å². The predicted molar refractivity (Wildman–Crippen MR) is 70.6 cm³/mol. The molecule has 2 rings (SSSR count). The third-order valence-electron chi connectivity index (χ3n) is 2.59. The van der Waals surface area contributed by atoms with Crippen molar-refractivity contribution in [3.05, 3.63) is 36.2 Å². The Kier molecular flexibility index (Phi) is 4.17. The minimum atomic E-state index is 0.695. The van der Waals surface area contributed by atoms with Gasteiger partial charge in [0.2, 0.25) is 0 Å². The van der Waals surface area contributed by atoms with E-state index < -0.39 is 0 Å². The lowest BCUT2D eigenvalue weighted by atomic mass is 10.3. The summed E-state index contributed by atoms with van der Waals surface area (Å²) in [6, 6.07) is 7.96. The van der Waals surface area contributed by atoms with Crippen LogP contribution >= 0.6 is 0 Å². The summed E-state index contributed by atoms with van der Waals surface area (Å²) in [5.74, 6) is 0.894. The third kappa shape index (κ3) is 3.23. The molecule has 1 aromatic carbocycles. The molecule has 0 bridgehead atoms. The normalized spacial score (nSPS) is 10.3. The number of hydrogen-bond acceptors (Lipinski definition) is 4. The van der Waals surface area contributed by atoms with E-state index >= 15 is 0 Å².